The summed E-state index contributed by atoms with van der Waals surface area (Å²) in [6, 6.07) is 13.6. The molecule has 0 amide bonds. The summed E-state index contributed by atoms with van der Waals surface area (Å²) in [5.74, 6) is 0.630. The molecule has 3 nitrogen and oxygen atoms in total. The average Bonchev–Trinajstić information content (AvgIpc) is 2.74. The minimum Gasteiger partial charge on any atom is -0.436 e. The molecule has 0 unspecified atom stereocenters. The first-order valence-corrected chi connectivity index (χ1v) is 5.46. The number of anilines is 1. The van der Waals surface area contributed by atoms with Crippen LogP contribution in [0, 0.1) is 6.92 Å². The van der Waals surface area contributed by atoms with Gasteiger partial charge in [0.25, 0.3) is 0 Å². The Kier molecular flexibility index (Phi) is 2.11. The lowest BCUT2D eigenvalue weighted by Crippen LogP contribution is -1.87. The maximum absolute atomic E-state index is 5.85. The second-order valence-corrected chi connectivity index (χ2v) is 4.06. The Bertz CT molecular complexity index is 632. The number of nitrogen functional groups attached to an aromatic ring is 1. The summed E-state index contributed by atoms with van der Waals surface area (Å²) in [6.45, 7) is 1.96. The highest BCUT2D eigenvalue weighted by Crippen LogP contribution is 2.26. The molecule has 0 aliphatic heterocycles. The van der Waals surface area contributed by atoms with Crippen LogP contribution in [0.3, 0.4) is 0 Å². The van der Waals surface area contributed by atoms with Crippen molar-refractivity contribution in [1.29, 1.82) is 0 Å². The van der Waals surface area contributed by atoms with Gasteiger partial charge in [-0.2, -0.15) is 0 Å². The zero-order chi connectivity index (χ0) is 11.8. The maximum Gasteiger partial charge on any atom is 0.227 e. The molecule has 84 valence electrons. The zero-order valence-corrected chi connectivity index (χ0v) is 9.47. The first kappa shape index (κ1) is 9.90. The van der Waals surface area contributed by atoms with Gasteiger partial charge in [-0.1, -0.05) is 18.2 Å². The predicted octanol–water partition coefficient (Wildman–Crippen LogP) is 3.39. The van der Waals surface area contributed by atoms with Crippen molar-refractivity contribution >= 4 is 16.8 Å². The van der Waals surface area contributed by atoms with E-state index in [2.05, 4.69) is 4.98 Å². The Morgan fingerprint density at radius 1 is 1.12 bits per heavy atom. The summed E-state index contributed by atoms with van der Waals surface area (Å²) in [6.07, 6.45) is 0. The summed E-state index contributed by atoms with van der Waals surface area (Å²) in [5.41, 5.74) is 10.1. The van der Waals surface area contributed by atoms with E-state index in [1.54, 1.807) is 0 Å². The van der Waals surface area contributed by atoms with Crippen LogP contribution < -0.4 is 5.73 Å². The van der Waals surface area contributed by atoms with Crippen molar-refractivity contribution in [3.8, 4) is 11.5 Å². The van der Waals surface area contributed by atoms with Gasteiger partial charge in [-0.3, -0.25) is 0 Å². The molecule has 0 atom stereocenters. The van der Waals surface area contributed by atoms with Crippen molar-refractivity contribution < 1.29 is 4.42 Å². The first-order valence-electron chi connectivity index (χ1n) is 5.46. The van der Waals surface area contributed by atoms with Crippen molar-refractivity contribution in [3.05, 3.63) is 48.0 Å². The van der Waals surface area contributed by atoms with E-state index in [-0.39, 0.29) is 0 Å². The third-order valence-corrected chi connectivity index (χ3v) is 2.80. The third kappa shape index (κ3) is 1.65. The fraction of sp³-hybridized carbons (Fsp3) is 0.0714. The standard InChI is InChI=1S/C14H12N2O/c1-9-7-12-13(8-11(9)15)17-14(16-12)10-5-3-2-4-6-10/h2-8H,15H2,1H3. The molecule has 0 bridgehead atoms. The molecule has 3 rings (SSSR count). The van der Waals surface area contributed by atoms with Crippen LogP contribution in [-0.2, 0) is 0 Å². The third-order valence-electron chi connectivity index (χ3n) is 2.80. The minimum atomic E-state index is 0.630. The Balaban J connectivity index is 2.21. The molecule has 2 aromatic carbocycles. The summed E-state index contributed by atoms with van der Waals surface area (Å²) in [7, 11) is 0. The Morgan fingerprint density at radius 3 is 2.65 bits per heavy atom. The van der Waals surface area contributed by atoms with E-state index in [1.807, 2.05) is 49.4 Å². The van der Waals surface area contributed by atoms with Gasteiger partial charge >= 0.3 is 0 Å². The number of fused-ring (bicyclic) bond motifs is 1. The first-order chi connectivity index (χ1) is 8.24. The fourth-order valence-corrected chi connectivity index (χ4v) is 1.80. The number of nitrogens with two attached hydrogens (primary N) is 1. The lowest BCUT2D eigenvalue weighted by Gasteiger charge is -1.96. The van der Waals surface area contributed by atoms with Crippen molar-refractivity contribution in [2.75, 3.05) is 5.73 Å². The van der Waals surface area contributed by atoms with E-state index < -0.39 is 0 Å². The molecule has 0 aliphatic carbocycles. The molecule has 0 saturated carbocycles. The molecular formula is C14H12N2O. The van der Waals surface area contributed by atoms with Crippen molar-refractivity contribution in [1.82, 2.24) is 4.98 Å². The van der Waals surface area contributed by atoms with Crippen molar-refractivity contribution in [2.24, 2.45) is 0 Å². The summed E-state index contributed by atoms with van der Waals surface area (Å²) >= 11 is 0. The smallest absolute Gasteiger partial charge is 0.227 e. The van der Waals surface area contributed by atoms with Crippen LogP contribution in [0.2, 0.25) is 0 Å². The van der Waals surface area contributed by atoms with Crippen LogP contribution in [0.15, 0.2) is 46.9 Å². The van der Waals surface area contributed by atoms with Gasteiger partial charge in [0, 0.05) is 17.3 Å². The second kappa shape index (κ2) is 3.63. The van der Waals surface area contributed by atoms with Gasteiger partial charge in [-0.25, -0.2) is 4.98 Å². The molecule has 0 radical (unpaired) electrons. The average molecular weight is 224 g/mol. The van der Waals surface area contributed by atoms with Gasteiger partial charge < -0.3 is 10.2 Å². The Hall–Kier alpha value is -2.29. The van der Waals surface area contributed by atoms with Gasteiger partial charge in [0.2, 0.25) is 5.89 Å². The van der Waals surface area contributed by atoms with Crippen molar-refractivity contribution in [2.45, 2.75) is 6.92 Å². The highest BCUT2D eigenvalue weighted by atomic mass is 16.3. The van der Waals surface area contributed by atoms with Gasteiger partial charge in [0.15, 0.2) is 5.58 Å². The number of benzene rings is 2. The SMILES string of the molecule is Cc1cc2nc(-c3ccccc3)oc2cc1N. The van der Waals surface area contributed by atoms with Gasteiger partial charge in [-0.15, -0.1) is 0 Å². The molecule has 3 heteroatoms. The number of oxazole rings is 1. The number of hydrogen-bond acceptors (Lipinski definition) is 3. The van der Waals surface area contributed by atoms with E-state index in [1.165, 1.54) is 0 Å². The van der Waals surface area contributed by atoms with Crippen LogP contribution >= 0.6 is 0 Å². The predicted molar refractivity (Wildman–Crippen MR) is 68.6 cm³/mol. The molecule has 2 N–H and O–H groups in total. The number of aryl methyl sites for hydroxylation is 1. The fourth-order valence-electron chi connectivity index (χ4n) is 1.80. The lowest BCUT2D eigenvalue weighted by atomic mass is 10.2. The number of hydrogen-bond donors (Lipinski definition) is 1. The van der Waals surface area contributed by atoms with Gasteiger partial charge in [0.05, 0.1) is 0 Å². The molecule has 17 heavy (non-hydrogen) atoms. The van der Waals surface area contributed by atoms with E-state index in [9.17, 15) is 0 Å². The second-order valence-electron chi connectivity index (χ2n) is 4.06. The van der Waals surface area contributed by atoms with E-state index in [0.717, 1.165) is 27.9 Å². The monoisotopic (exact) mass is 224 g/mol. The lowest BCUT2D eigenvalue weighted by molar-refractivity contribution is 0.620. The molecule has 0 spiro atoms. The Labute approximate surface area is 98.9 Å². The van der Waals surface area contributed by atoms with E-state index >= 15 is 0 Å². The normalized spacial score (nSPS) is 10.9. The molecule has 1 heterocycles. The number of aromatic nitrogens is 1. The number of rotatable bonds is 1. The van der Waals surface area contributed by atoms with Gasteiger partial charge in [0.1, 0.15) is 5.52 Å². The van der Waals surface area contributed by atoms with Crippen LogP contribution in [-0.4, -0.2) is 4.98 Å². The quantitative estimate of drug-likeness (QED) is 0.644. The summed E-state index contributed by atoms with van der Waals surface area (Å²) < 4.78 is 5.70. The molecule has 0 aliphatic rings. The molecule has 1 aromatic heterocycles. The molecule has 0 fully saturated rings. The molecular weight excluding hydrogens is 212 g/mol. The molecule has 0 saturated heterocycles. The van der Waals surface area contributed by atoms with E-state index in [4.69, 9.17) is 10.2 Å². The zero-order valence-electron chi connectivity index (χ0n) is 9.47. The summed E-state index contributed by atoms with van der Waals surface area (Å²) in [5, 5.41) is 0. The Morgan fingerprint density at radius 2 is 1.88 bits per heavy atom. The van der Waals surface area contributed by atoms with Crippen LogP contribution in [0.1, 0.15) is 5.56 Å². The van der Waals surface area contributed by atoms with Gasteiger partial charge in [-0.05, 0) is 30.7 Å². The topological polar surface area (TPSA) is 52.0 Å². The van der Waals surface area contributed by atoms with E-state index in [0.29, 0.717) is 5.89 Å². The number of nitrogens with zero attached hydrogens (tertiary/aromatic N) is 1. The van der Waals surface area contributed by atoms with Crippen LogP contribution in [0.4, 0.5) is 5.69 Å². The minimum absolute atomic E-state index is 0.630. The maximum atomic E-state index is 5.85. The highest BCUT2D eigenvalue weighted by Gasteiger charge is 2.08. The summed E-state index contributed by atoms with van der Waals surface area (Å²) in [4.78, 5) is 4.46. The van der Waals surface area contributed by atoms with Crippen LogP contribution in [0.25, 0.3) is 22.6 Å². The highest BCUT2D eigenvalue weighted by molar-refractivity contribution is 5.81. The van der Waals surface area contributed by atoms with Crippen molar-refractivity contribution in [3.63, 3.8) is 0 Å². The largest absolute Gasteiger partial charge is 0.436 e. The van der Waals surface area contributed by atoms with Crippen LogP contribution in [0.5, 0.6) is 0 Å². The molecule has 3 aromatic rings.